The fourth-order valence-corrected chi connectivity index (χ4v) is 1.31. The molecule has 0 atom stereocenters. The summed E-state index contributed by atoms with van der Waals surface area (Å²) in [5, 5.41) is 10.8. The zero-order chi connectivity index (χ0) is 12.7. The second-order valence-electron chi connectivity index (χ2n) is 3.14. The van der Waals surface area contributed by atoms with Crippen LogP contribution < -0.4 is 14.8 Å². The normalized spacial score (nSPS) is 9.24. The number of rotatable bonds is 5. The molecule has 0 aliphatic rings. The summed E-state index contributed by atoms with van der Waals surface area (Å²) in [6.45, 7) is 2.37. The summed E-state index contributed by atoms with van der Waals surface area (Å²) in [7, 11) is 1.51. The predicted octanol–water partition coefficient (Wildman–Crippen LogP) is 1.35. The zero-order valence-corrected chi connectivity index (χ0v) is 9.82. The smallest absolute Gasteiger partial charge is 0.252 e. The van der Waals surface area contributed by atoms with Crippen LogP contribution in [0.4, 0.5) is 0 Å². The molecule has 0 unspecified atom stereocenters. The van der Waals surface area contributed by atoms with E-state index in [4.69, 9.17) is 14.7 Å². The van der Waals surface area contributed by atoms with Gasteiger partial charge in [-0.15, -0.1) is 0 Å². The Morgan fingerprint density at radius 3 is 2.82 bits per heavy atom. The van der Waals surface area contributed by atoms with Crippen molar-refractivity contribution in [2.45, 2.75) is 6.92 Å². The summed E-state index contributed by atoms with van der Waals surface area (Å²) in [6.07, 6.45) is 0. The van der Waals surface area contributed by atoms with Gasteiger partial charge in [-0.2, -0.15) is 5.26 Å². The molecular formula is C12H14N2O3. The van der Waals surface area contributed by atoms with Crippen molar-refractivity contribution in [2.24, 2.45) is 0 Å². The van der Waals surface area contributed by atoms with Crippen LogP contribution in [0.1, 0.15) is 17.3 Å². The summed E-state index contributed by atoms with van der Waals surface area (Å²) in [5.41, 5.74) is 0.431. The SMILES string of the molecule is CCOc1ccc(C(=O)NCC#N)cc1OC. The minimum Gasteiger partial charge on any atom is -0.493 e. The molecule has 0 aromatic heterocycles. The summed E-state index contributed by atoms with van der Waals surface area (Å²) in [5.74, 6) is 0.774. The first-order chi connectivity index (χ1) is 8.22. The van der Waals surface area contributed by atoms with Crippen LogP contribution in [0.5, 0.6) is 11.5 Å². The molecule has 0 fully saturated rings. The highest BCUT2D eigenvalue weighted by molar-refractivity contribution is 5.95. The van der Waals surface area contributed by atoms with E-state index >= 15 is 0 Å². The fraction of sp³-hybridized carbons (Fsp3) is 0.333. The van der Waals surface area contributed by atoms with E-state index in [1.807, 2.05) is 13.0 Å². The number of hydrogen-bond donors (Lipinski definition) is 1. The van der Waals surface area contributed by atoms with E-state index in [0.717, 1.165) is 0 Å². The number of nitriles is 1. The number of amides is 1. The van der Waals surface area contributed by atoms with Crippen molar-refractivity contribution in [1.29, 1.82) is 5.26 Å². The number of carbonyl (C=O) groups is 1. The predicted molar refractivity (Wildman–Crippen MR) is 62.1 cm³/mol. The topological polar surface area (TPSA) is 71.3 Å². The quantitative estimate of drug-likeness (QED) is 0.780. The van der Waals surface area contributed by atoms with E-state index in [1.54, 1.807) is 18.2 Å². The van der Waals surface area contributed by atoms with E-state index in [1.165, 1.54) is 7.11 Å². The number of methoxy groups -OCH3 is 1. The molecule has 0 radical (unpaired) electrons. The van der Waals surface area contributed by atoms with Gasteiger partial charge in [0.05, 0.1) is 19.8 Å². The molecule has 1 rings (SSSR count). The Kier molecular flexibility index (Phi) is 4.82. The largest absolute Gasteiger partial charge is 0.493 e. The Hall–Kier alpha value is -2.22. The summed E-state index contributed by atoms with van der Waals surface area (Å²) in [4.78, 5) is 11.6. The molecule has 0 aliphatic carbocycles. The summed E-state index contributed by atoms with van der Waals surface area (Å²) >= 11 is 0. The molecule has 0 saturated heterocycles. The molecule has 1 N–H and O–H groups in total. The molecule has 0 heterocycles. The van der Waals surface area contributed by atoms with Gasteiger partial charge in [-0.05, 0) is 25.1 Å². The molecule has 5 nitrogen and oxygen atoms in total. The second-order valence-corrected chi connectivity index (χ2v) is 3.14. The maximum atomic E-state index is 11.6. The van der Waals surface area contributed by atoms with Gasteiger partial charge in [0.1, 0.15) is 6.54 Å². The van der Waals surface area contributed by atoms with Gasteiger partial charge in [0, 0.05) is 5.56 Å². The third-order valence-corrected chi connectivity index (χ3v) is 2.05. The van der Waals surface area contributed by atoms with Crippen molar-refractivity contribution >= 4 is 5.91 Å². The van der Waals surface area contributed by atoms with Crippen LogP contribution in [0, 0.1) is 11.3 Å². The number of ether oxygens (including phenoxy) is 2. The summed E-state index contributed by atoms with van der Waals surface area (Å²) in [6, 6.07) is 6.72. The van der Waals surface area contributed by atoms with Gasteiger partial charge >= 0.3 is 0 Å². The third kappa shape index (κ3) is 3.38. The molecule has 90 valence electrons. The molecule has 0 spiro atoms. The first kappa shape index (κ1) is 12.8. The molecule has 17 heavy (non-hydrogen) atoms. The van der Waals surface area contributed by atoms with Crippen molar-refractivity contribution in [2.75, 3.05) is 20.3 Å². The van der Waals surface area contributed by atoms with Gasteiger partial charge in [0.15, 0.2) is 11.5 Å². The first-order valence-electron chi connectivity index (χ1n) is 5.19. The van der Waals surface area contributed by atoms with E-state index < -0.39 is 0 Å². The fourth-order valence-electron chi connectivity index (χ4n) is 1.31. The molecule has 0 aliphatic heterocycles. The molecule has 1 aromatic carbocycles. The van der Waals surface area contributed by atoms with Crippen molar-refractivity contribution in [3.63, 3.8) is 0 Å². The van der Waals surface area contributed by atoms with E-state index in [0.29, 0.717) is 23.7 Å². The molecule has 0 bridgehead atoms. The minimum absolute atomic E-state index is 0.0195. The Morgan fingerprint density at radius 2 is 2.24 bits per heavy atom. The minimum atomic E-state index is -0.312. The van der Waals surface area contributed by atoms with Crippen LogP contribution in [0.2, 0.25) is 0 Å². The standard InChI is InChI=1S/C12H14N2O3/c1-3-17-10-5-4-9(8-11(10)16-2)12(15)14-7-6-13/h4-5,8H,3,7H2,1-2H3,(H,14,15). The monoisotopic (exact) mass is 234 g/mol. The number of hydrogen-bond acceptors (Lipinski definition) is 4. The van der Waals surface area contributed by atoms with Crippen molar-refractivity contribution in [3.8, 4) is 17.6 Å². The van der Waals surface area contributed by atoms with E-state index in [9.17, 15) is 4.79 Å². The lowest BCUT2D eigenvalue weighted by Gasteiger charge is -2.10. The van der Waals surface area contributed by atoms with Gasteiger partial charge < -0.3 is 14.8 Å². The average Bonchev–Trinajstić information content (AvgIpc) is 2.36. The Bertz CT molecular complexity index is 438. The van der Waals surface area contributed by atoms with Crippen LogP contribution in [-0.2, 0) is 0 Å². The van der Waals surface area contributed by atoms with Crippen molar-refractivity contribution in [1.82, 2.24) is 5.32 Å². The maximum absolute atomic E-state index is 11.6. The highest BCUT2D eigenvalue weighted by Crippen LogP contribution is 2.27. The summed E-state index contributed by atoms with van der Waals surface area (Å²) < 4.78 is 10.5. The highest BCUT2D eigenvalue weighted by atomic mass is 16.5. The van der Waals surface area contributed by atoms with Crippen LogP contribution in [0.15, 0.2) is 18.2 Å². The zero-order valence-electron chi connectivity index (χ0n) is 9.82. The Labute approximate surface area is 100.0 Å². The van der Waals surface area contributed by atoms with Crippen molar-refractivity contribution < 1.29 is 14.3 Å². The van der Waals surface area contributed by atoms with Gasteiger partial charge in [-0.25, -0.2) is 0 Å². The lowest BCUT2D eigenvalue weighted by molar-refractivity contribution is 0.0958. The Balaban J connectivity index is 2.89. The number of carbonyl (C=O) groups excluding carboxylic acids is 1. The molecule has 5 heteroatoms. The lowest BCUT2D eigenvalue weighted by atomic mass is 10.2. The number of nitrogens with one attached hydrogen (secondary N) is 1. The molecule has 1 aromatic rings. The number of nitrogens with zero attached hydrogens (tertiary/aromatic N) is 1. The van der Waals surface area contributed by atoms with Crippen molar-refractivity contribution in [3.05, 3.63) is 23.8 Å². The van der Waals surface area contributed by atoms with Crippen LogP contribution in [-0.4, -0.2) is 26.2 Å². The number of benzene rings is 1. The molecule has 1 amide bonds. The van der Waals surface area contributed by atoms with Gasteiger partial charge in [0.25, 0.3) is 5.91 Å². The Morgan fingerprint density at radius 1 is 1.47 bits per heavy atom. The first-order valence-corrected chi connectivity index (χ1v) is 5.19. The highest BCUT2D eigenvalue weighted by Gasteiger charge is 2.10. The second kappa shape index (κ2) is 6.38. The third-order valence-electron chi connectivity index (χ3n) is 2.05. The van der Waals surface area contributed by atoms with Crippen LogP contribution in [0.3, 0.4) is 0 Å². The van der Waals surface area contributed by atoms with E-state index in [-0.39, 0.29) is 12.5 Å². The van der Waals surface area contributed by atoms with E-state index in [2.05, 4.69) is 5.32 Å². The van der Waals surface area contributed by atoms with Gasteiger partial charge in [-0.3, -0.25) is 4.79 Å². The lowest BCUT2D eigenvalue weighted by Crippen LogP contribution is -2.23. The van der Waals surface area contributed by atoms with Gasteiger partial charge in [-0.1, -0.05) is 0 Å². The molecule has 0 saturated carbocycles. The van der Waals surface area contributed by atoms with Crippen LogP contribution >= 0.6 is 0 Å². The average molecular weight is 234 g/mol. The van der Waals surface area contributed by atoms with Crippen LogP contribution in [0.25, 0.3) is 0 Å². The maximum Gasteiger partial charge on any atom is 0.252 e. The van der Waals surface area contributed by atoms with Gasteiger partial charge in [0.2, 0.25) is 0 Å². The molecular weight excluding hydrogens is 220 g/mol.